The maximum Gasteiger partial charge on any atom is 0.313 e. The van der Waals surface area contributed by atoms with E-state index in [-0.39, 0.29) is 17.5 Å². The highest BCUT2D eigenvalue weighted by Gasteiger charge is 2.50. The number of carbonyl (C=O) groups excluding carboxylic acids is 1. The first kappa shape index (κ1) is 11.9. The summed E-state index contributed by atoms with van der Waals surface area (Å²) in [6.07, 6.45) is 5.28. The van der Waals surface area contributed by atoms with Gasteiger partial charge in [0.15, 0.2) is 0 Å². The predicted octanol–water partition coefficient (Wildman–Crippen LogP) is 2.09. The van der Waals surface area contributed by atoms with Gasteiger partial charge in [0.1, 0.15) is 6.10 Å². The summed E-state index contributed by atoms with van der Waals surface area (Å²) in [6.45, 7) is 4.93. The van der Waals surface area contributed by atoms with Gasteiger partial charge in [0.2, 0.25) is 0 Å². The molecule has 0 aromatic carbocycles. The highest BCUT2D eigenvalue weighted by molar-refractivity contribution is 5.80. The maximum atomic E-state index is 11.9. The van der Waals surface area contributed by atoms with E-state index in [2.05, 4.69) is 13.8 Å². The molecule has 2 fully saturated rings. The summed E-state index contributed by atoms with van der Waals surface area (Å²) in [4.78, 5) is 11.9. The number of hydrogen-bond acceptors (Lipinski definition) is 3. The van der Waals surface area contributed by atoms with Crippen LogP contribution in [0.1, 0.15) is 46.0 Å². The van der Waals surface area contributed by atoms with Crippen LogP contribution in [-0.4, -0.2) is 18.6 Å². The lowest BCUT2D eigenvalue weighted by Gasteiger charge is -2.31. The Bertz CT molecular complexity index is 263. The highest BCUT2D eigenvalue weighted by Crippen LogP contribution is 2.46. The number of esters is 1. The van der Waals surface area contributed by atoms with Gasteiger partial charge in [0.25, 0.3) is 0 Å². The molecule has 0 bridgehead atoms. The average Bonchev–Trinajstić information content (AvgIpc) is 2.96. The Morgan fingerprint density at radius 3 is 2.25 bits per heavy atom. The number of rotatable bonds is 3. The zero-order valence-electron chi connectivity index (χ0n) is 10.4. The summed E-state index contributed by atoms with van der Waals surface area (Å²) in [5.74, 6) is 1.31. The van der Waals surface area contributed by atoms with Crippen molar-refractivity contribution in [3.63, 3.8) is 0 Å². The van der Waals surface area contributed by atoms with Crippen LogP contribution in [0.2, 0.25) is 0 Å². The second-order valence-corrected chi connectivity index (χ2v) is 5.93. The van der Waals surface area contributed by atoms with Crippen LogP contribution < -0.4 is 5.73 Å². The summed E-state index contributed by atoms with van der Waals surface area (Å²) in [6, 6.07) is 0. The molecule has 2 N–H and O–H groups in total. The third kappa shape index (κ3) is 2.40. The average molecular weight is 225 g/mol. The van der Waals surface area contributed by atoms with E-state index in [1.54, 1.807) is 0 Å². The lowest BCUT2D eigenvalue weighted by atomic mass is 9.82. The standard InChI is InChI=1S/C13H23NO2/c1-9-5-10(2)7-11(6-9)16-12(15)13(8-14)3-4-13/h9-11H,3-8,14H2,1-2H3. The molecule has 2 atom stereocenters. The minimum atomic E-state index is -0.302. The second-order valence-electron chi connectivity index (χ2n) is 5.93. The van der Waals surface area contributed by atoms with Gasteiger partial charge in [0.05, 0.1) is 5.41 Å². The smallest absolute Gasteiger partial charge is 0.313 e. The Morgan fingerprint density at radius 1 is 1.25 bits per heavy atom. The minimum absolute atomic E-state index is 0.0405. The van der Waals surface area contributed by atoms with Crippen molar-refractivity contribution in [2.24, 2.45) is 23.0 Å². The summed E-state index contributed by atoms with van der Waals surface area (Å²) in [5, 5.41) is 0. The summed E-state index contributed by atoms with van der Waals surface area (Å²) >= 11 is 0. The molecule has 0 heterocycles. The van der Waals surface area contributed by atoms with Gasteiger partial charge >= 0.3 is 5.97 Å². The highest BCUT2D eigenvalue weighted by atomic mass is 16.5. The molecule has 16 heavy (non-hydrogen) atoms. The molecule has 2 unspecified atom stereocenters. The van der Waals surface area contributed by atoms with Crippen LogP contribution in [0.25, 0.3) is 0 Å². The topological polar surface area (TPSA) is 52.3 Å². The minimum Gasteiger partial charge on any atom is -0.462 e. The van der Waals surface area contributed by atoms with Crippen LogP contribution in [0, 0.1) is 17.3 Å². The van der Waals surface area contributed by atoms with Crippen molar-refractivity contribution >= 4 is 5.97 Å². The van der Waals surface area contributed by atoms with E-state index < -0.39 is 0 Å². The summed E-state index contributed by atoms with van der Waals surface area (Å²) in [7, 11) is 0. The molecule has 0 saturated heterocycles. The molecule has 0 aliphatic heterocycles. The van der Waals surface area contributed by atoms with Crippen LogP contribution in [0.4, 0.5) is 0 Å². The van der Waals surface area contributed by atoms with E-state index in [9.17, 15) is 4.79 Å². The first-order valence-corrected chi connectivity index (χ1v) is 6.47. The third-order valence-electron chi connectivity index (χ3n) is 4.09. The van der Waals surface area contributed by atoms with E-state index in [0.29, 0.717) is 18.4 Å². The first-order valence-electron chi connectivity index (χ1n) is 6.47. The Morgan fingerprint density at radius 2 is 1.81 bits per heavy atom. The van der Waals surface area contributed by atoms with Crippen molar-refractivity contribution in [1.82, 2.24) is 0 Å². The van der Waals surface area contributed by atoms with Gasteiger partial charge in [-0.3, -0.25) is 4.79 Å². The second kappa shape index (κ2) is 4.36. The van der Waals surface area contributed by atoms with Crippen LogP contribution in [0.3, 0.4) is 0 Å². The van der Waals surface area contributed by atoms with E-state index in [1.807, 2.05) is 0 Å². The third-order valence-corrected chi connectivity index (χ3v) is 4.09. The van der Waals surface area contributed by atoms with Crippen LogP contribution in [0.5, 0.6) is 0 Å². The van der Waals surface area contributed by atoms with Crippen LogP contribution >= 0.6 is 0 Å². The first-order chi connectivity index (χ1) is 7.55. The Kier molecular flexibility index (Phi) is 3.24. The number of carbonyl (C=O) groups is 1. The number of hydrogen-bond donors (Lipinski definition) is 1. The maximum absolute atomic E-state index is 11.9. The van der Waals surface area contributed by atoms with Crippen molar-refractivity contribution < 1.29 is 9.53 Å². The molecule has 0 aromatic rings. The van der Waals surface area contributed by atoms with Crippen molar-refractivity contribution in [2.45, 2.75) is 52.1 Å². The van der Waals surface area contributed by atoms with Crippen molar-refractivity contribution in [1.29, 1.82) is 0 Å². The van der Waals surface area contributed by atoms with Gasteiger partial charge in [-0.1, -0.05) is 13.8 Å². The van der Waals surface area contributed by atoms with Gasteiger partial charge in [-0.2, -0.15) is 0 Å². The number of ether oxygens (including phenoxy) is 1. The zero-order valence-corrected chi connectivity index (χ0v) is 10.4. The van der Waals surface area contributed by atoms with Gasteiger partial charge in [-0.15, -0.1) is 0 Å². The fraction of sp³-hybridized carbons (Fsp3) is 0.923. The molecule has 0 radical (unpaired) electrons. The summed E-state index contributed by atoms with van der Waals surface area (Å²) in [5.41, 5.74) is 5.33. The van der Waals surface area contributed by atoms with Crippen molar-refractivity contribution in [3.8, 4) is 0 Å². The van der Waals surface area contributed by atoms with Crippen molar-refractivity contribution in [3.05, 3.63) is 0 Å². The molecule has 3 nitrogen and oxygen atoms in total. The molecule has 2 aliphatic rings. The molecule has 0 spiro atoms. The van der Waals surface area contributed by atoms with Gasteiger partial charge in [-0.25, -0.2) is 0 Å². The lowest BCUT2D eigenvalue weighted by molar-refractivity contribution is -0.158. The SMILES string of the molecule is CC1CC(C)CC(OC(=O)C2(CN)CC2)C1. The molecular formula is C13H23NO2. The molecular weight excluding hydrogens is 202 g/mol. The molecule has 2 aliphatic carbocycles. The van der Waals surface area contributed by atoms with E-state index in [1.165, 1.54) is 6.42 Å². The molecule has 0 amide bonds. The molecule has 2 saturated carbocycles. The Hall–Kier alpha value is -0.570. The summed E-state index contributed by atoms with van der Waals surface area (Å²) < 4.78 is 5.63. The van der Waals surface area contributed by atoms with Gasteiger partial charge in [0, 0.05) is 6.54 Å². The van der Waals surface area contributed by atoms with E-state index in [4.69, 9.17) is 10.5 Å². The predicted molar refractivity (Wildman–Crippen MR) is 62.8 cm³/mol. The lowest BCUT2D eigenvalue weighted by Crippen LogP contribution is -2.34. The van der Waals surface area contributed by atoms with Crippen LogP contribution in [-0.2, 0) is 9.53 Å². The molecule has 0 aromatic heterocycles. The quantitative estimate of drug-likeness (QED) is 0.748. The van der Waals surface area contributed by atoms with Gasteiger partial charge < -0.3 is 10.5 Å². The Labute approximate surface area is 97.7 Å². The van der Waals surface area contributed by atoms with Crippen molar-refractivity contribution in [2.75, 3.05) is 6.54 Å². The Balaban J connectivity index is 1.87. The fourth-order valence-corrected chi connectivity index (χ4v) is 2.89. The normalized spacial score (nSPS) is 36.8. The fourth-order valence-electron chi connectivity index (χ4n) is 2.89. The largest absolute Gasteiger partial charge is 0.462 e. The zero-order chi connectivity index (χ0) is 11.8. The van der Waals surface area contributed by atoms with E-state index >= 15 is 0 Å². The number of nitrogens with two attached hydrogens (primary N) is 1. The molecule has 92 valence electrons. The molecule has 3 heteroatoms. The van der Waals surface area contributed by atoms with E-state index in [0.717, 1.165) is 25.7 Å². The monoisotopic (exact) mass is 225 g/mol. The molecule has 2 rings (SSSR count). The van der Waals surface area contributed by atoms with Crippen LogP contribution in [0.15, 0.2) is 0 Å². The van der Waals surface area contributed by atoms with Gasteiger partial charge in [-0.05, 0) is 43.9 Å².